The van der Waals surface area contributed by atoms with Crippen molar-refractivity contribution in [3.05, 3.63) is 64.5 Å². The van der Waals surface area contributed by atoms with Crippen molar-refractivity contribution in [2.24, 2.45) is 5.73 Å². The Kier molecular flexibility index (Phi) is 5.63. The van der Waals surface area contributed by atoms with Crippen LogP contribution in [0.2, 0.25) is 0 Å². The molecule has 1 saturated heterocycles. The van der Waals surface area contributed by atoms with Crippen LogP contribution in [0.25, 0.3) is 21.9 Å². The molecule has 9 heteroatoms. The summed E-state index contributed by atoms with van der Waals surface area (Å²) in [5, 5.41) is 5.40. The molecule has 1 aliphatic rings. The SMILES string of the molecule is CC=CCn1c(N2CCC[C@@H](N)C2)nc2cnn(Cc3nc(C)c4ccccc4n3)c(=O)c21. The van der Waals surface area contributed by atoms with E-state index in [0.29, 0.717) is 23.4 Å². The first kappa shape index (κ1) is 21.3. The fraction of sp³-hybridized carbons (Fsp3) is 0.375. The molecule has 1 atom stereocenters. The monoisotopic (exact) mass is 444 g/mol. The van der Waals surface area contributed by atoms with Gasteiger partial charge >= 0.3 is 0 Å². The van der Waals surface area contributed by atoms with E-state index in [9.17, 15) is 4.79 Å². The molecule has 0 bridgehead atoms. The lowest BCUT2D eigenvalue weighted by Gasteiger charge is -2.31. The van der Waals surface area contributed by atoms with Crippen LogP contribution < -0.4 is 16.2 Å². The number of anilines is 1. The largest absolute Gasteiger partial charge is 0.341 e. The number of allylic oxidation sites excluding steroid dienone is 2. The summed E-state index contributed by atoms with van der Waals surface area (Å²) >= 11 is 0. The van der Waals surface area contributed by atoms with Crippen LogP contribution in [0.4, 0.5) is 5.95 Å². The van der Waals surface area contributed by atoms with Crippen molar-refractivity contribution in [2.45, 2.75) is 45.8 Å². The fourth-order valence-corrected chi connectivity index (χ4v) is 4.50. The van der Waals surface area contributed by atoms with Crippen molar-refractivity contribution < 1.29 is 0 Å². The summed E-state index contributed by atoms with van der Waals surface area (Å²) in [5.74, 6) is 1.33. The maximum atomic E-state index is 13.5. The first-order chi connectivity index (χ1) is 16.0. The van der Waals surface area contributed by atoms with Crippen LogP contribution in [0.1, 0.15) is 31.3 Å². The Balaban J connectivity index is 1.59. The van der Waals surface area contributed by atoms with Crippen LogP contribution >= 0.6 is 0 Å². The van der Waals surface area contributed by atoms with Gasteiger partial charge in [-0.3, -0.25) is 4.79 Å². The van der Waals surface area contributed by atoms with Gasteiger partial charge in [0.2, 0.25) is 5.95 Å². The Bertz CT molecular complexity index is 1400. The van der Waals surface area contributed by atoms with Gasteiger partial charge in [0, 0.05) is 36.8 Å². The van der Waals surface area contributed by atoms with E-state index in [1.807, 2.05) is 54.8 Å². The minimum absolute atomic E-state index is 0.108. The molecule has 4 aromatic rings. The normalized spacial score (nSPS) is 16.9. The average Bonchev–Trinajstić information content (AvgIpc) is 3.19. The van der Waals surface area contributed by atoms with Crippen molar-refractivity contribution in [2.75, 3.05) is 18.0 Å². The van der Waals surface area contributed by atoms with E-state index < -0.39 is 0 Å². The summed E-state index contributed by atoms with van der Waals surface area (Å²) < 4.78 is 3.39. The van der Waals surface area contributed by atoms with Crippen molar-refractivity contribution in [1.29, 1.82) is 0 Å². The molecular formula is C24H28N8O. The molecule has 1 fully saturated rings. The number of nitrogens with two attached hydrogens (primary N) is 1. The number of rotatable bonds is 5. The smallest absolute Gasteiger partial charge is 0.293 e. The molecule has 9 nitrogen and oxygen atoms in total. The molecule has 4 heterocycles. The van der Waals surface area contributed by atoms with Gasteiger partial charge in [-0.05, 0) is 32.8 Å². The third-order valence-electron chi connectivity index (χ3n) is 6.13. The number of nitrogens with zero attached hydrogens (tertiary/aromatic N) is 7. The first-order valence-corrected chi connectivity index (χ1v) is 11.4. The maximum absolute atomic E-state index is 13.5. The van der Waals surface area contributed by atoms with E-state index in [4.69, 9.17) is 10.7 Å². The number of benzene rings is 1. The Morgan fingerprint density at radius 1 is 1.18 bits per heavy atom. The van der Waals surface area contributed by atoms with Gasteiger partial charge in [-0.15, -0.1) is 0 Å². The van der Waals surface area contributed by atoms with Gasteiger partial charge in [0.1, 0.15) is 17.6 Å². The molecule has 33 heavy (non-hydrogen) atoms. The van der Waals surface area contributed by atoms with Gasteiger partial charge in [0.25, 0.3) is 5.56 Å². The Labute approximate surface area is 191 Å². The highest BCUT2D eigenvalue weighted by Crippen LogP contribution is 2.23. The molecule has 170 valence electrons. The van der Waals surface area contributed by atoms with Crippen molar-refractivity contribution >= 4 is 27.9 Å². The lowest BCUT2D eigenvalue weighted by atomic mass is 10.1. The third kappa shape index (κ3) is 4.00. The van der Waals surface area contributed by atoms with Gasteiger partial charge in [-0.1, -0.05) is 30.4 Å². The average molecular weight is 445 g/mol. The van der Waals surface area contributed by atoms with Gasteiger partial charge < -0.3 is 15.2 Å². The highest BCUT2D eigenvalue weighted by Gasteiger charge is 2.24. The minimum atomic E-state index is -0.202. The first-order valence-electron chi connectivity index (χ1n) is 11.4. The van der Waals surface area contributed by atoms with Gasteiger partial charge in [0.05, 0.1) is 11.7 Å². The number of fused-ring (bicyclic) bond motifs is 2. The number of para-hydroxylation sites is 1. The van der Waals surface area contributed by atoms with E-state index in [-0.39, 0.29) is 18.1 Å². The summed E-state index contributed by atoms with van der Waals surface area (Å²) in [6.45, 7) is 6.27. The zero-order valence-corrected chi connectivity index (χ0v) is 19.0. The van der Waals surface area contributed by atoms with Gasteiger partial charge in [-0.2, -0.15) is 5.10 Å². The highest BCUT2D eigenvalue weighted by atomic mass is 16.1. The minimum Gasteiger partial charge on any atom is -0.341 e. The van der Waals surface area contributed by atoms with Crippen LogP contribution in [0, 0.1) is 6.92 Å². The molecule has 0 spiro atoms. The standard InChI is InChI=1S/C24H28N8O/c1-3-4-12-31-22-20(29-24(31)30-11-7-8-17(25)14-30)13-26-32(23(22)33)15-21-27-16(2)18-9-5-6-10-19(18)28-21/h3-6,9-10,13,17H,7-8,11-12,14-15,25H2,1-2H3/t17-/m1/s1. The van der Waals surface area contributed by atoms with Crippen LogP contribution in [0.3, 0.4) is 0 Å². The predicted octanol–water partition coefficient (Wildman–Crippen LogP) is 2.40. The van der Waals surface area contributed by atoms with Crippen LogP contribution in [0.5, 0.6) is 0 Å². The van der Waals surface area contributed by atoms with Gasteiger partial charge in [0.15, 0.2) is 5.82 Å². The number of imidazole rings is 1. The number of aromatic nitrogens is 6. The van der Waals surface area contributed by atoms with Crippen molar-refractivity contribution in [3.8, 4) is 0 Å². The molecule has 2 N–H and O–H groups in total. The molecule has 5 rings (SSSR count). The predicted molar refractivity (Wildman–Crippen MR) is 129 cm³/mol. The topological polar surface area (TPSA) is 108 Å². The lowest BCUT2D eigenvalue weighted by Crippen LogP contribution is -2.44. The molecule has 0 radical (unpaired) electrons. The molecule has 0 amide bonds. The van der Waals surface area contributed by atoms with E-state index in [0.717, 1.165) is 48.5 Å². The Morgan fingerprint density at radius 3 is 2.85 bits per heavy atom. The Morgan fingerprint density at radius 2 is 2.03 bits per heavy atom. The number of aryl methyl sites for hydroxylation is 1. The zero-order chi connectivity index (χ0) is 22.9. The van der Waals surface area contributed by atoms with E-state index in [1.54, 1.807) is 6.20 Å². The van der Waals surface area contributed by atoms with E-state index in [2.05, 4.69) is 20.0 Å². The van der Waals surface area contributed by atoms with Gasteiger partial charge in [-0.25, -0.2) is 19.6 Å². The molecule has 0 saturated carbocycles. The second-order valence-electron chi connectivity index (χ2n) is 8.52. The molecule has 0 unspecified atom stereocenters. The molecule has 1 aliphatic heterocycles. The van der Waals surface area contributed by atoms with E-state index in [1.165, 1.54) is 4.68 Å². The lowest BCUT2D eigenvalue weighted by molar-refractivity contribution is 0.495. The summed E-state index contributed by atoms with van der Waals surface area (Å²) in [7, 11) is 0. The second kappa shape index (κ2) is 8.74. The van der Waals surface area contributed by atoms with Crippen molar-refractivity contribution in [3.63, 3.8) is 0 Å². The molecule has 3 aromatic heterocycles. The molecule has 0 aliphatic carbocycles. The van der Waals surface area contributed by atoms with Crippen LogP contribution in [-0.4, -0.2) is 48.4 Å². The third-order valence-corrected chi connectivity index (χ3v) is 6.13. The highest BCUT2D eigenvalue weighted by molar-refractivity contribution is 5.80. The number of hydrogen-bond donors (Lipinski definition) is 1. The molecule has 1 aromatic carbocycles. The summed E-state index contributed by atoms with van der Waals surface area (Å²) in [4.78, 5) is 29.8. The fourth-order valence-electron chi connectivity index (χ4n) is 4.50. The van der Waals surface area contributed by atoms with E-state index >= 15 is 0 Å². The zero-order valence-electron chi connectivity index (χ0n) is 19.0. The van der Waals surface area contributed by atoms with Crippen molar-refractivity contribution in [1.82, 2.24) is 29.3 Å². The number of piperidine rings is 1. The summed E-state index contributed by atoms with van der Waals surface area (Å²) in [6, 6.07) is 7.98. The number of hydrogen-bond acceptors (Lipinski definition) is 7. The summed E-state index contributed by atoms with van der Waals surface area (Å²) in [5.41, 5.74) is 8.88. The maximum Gasteiger partial charge on any atom is 0.293 e. The second-order valence-corrected chi connectivity index (χ2v) is 8.52. The quantitative estimate of drug-likeness (QED) is 0.471. The van der Waals surface area contributed by atoms with Crippen LogP contribution in [-0.2, 0) is 13.1 Å². The summed E-state index contributed by atoms with van der Waals surface area (Å²) in [6.07, 6.45) is 7.67. The van der Waals surface area contributed by atoms with Crippen LogP contribution in [0.15, 0.2) is 47.4 Å². The Hall–Kier alpha value is -3.59. The molecular weight excluding hydrogens is 416 g/mol.